The molecule has 0 aliphatic rings. The Kier molecular flexibility index (Phi) is 3.22. The fourth-order valence-corrected chi connectivity index (χ4v) is 2.15. The molecule has 1 atom stereocenters. The molecule has 0 saturated carbocycles. The van der Waals surface area contributed by atoms with Gasteiger partial charge in [0.25, 0.3) is 5.69 Å². The van der Waals surface area contributed by atoms with Gasteiger partial charge >= 0.3 is 5.97 Å². The van der Waals surface area contributed by atoms with Crippen molar-refractivity contribution < 1.29 is 14.8 Å². The maximum atomic E-state index is 10.9. The lowest BCUT2D eigenvalue weighted by atomic mass is 10.0. The van der Waals surface area contributed by atoms with Gasteiger partial charge in [-0.15, -0.1) is 0 Å². The monoisotopic (exact) mass is 263 g/mol. The molecule has 0 spiro atoms. The fourth-order valence-electron chi connectivity index (χ4n) is 2.15. The minimum absolute atomic E-state index is 0.0113. The number of aromatic amines is 1. The molecule has 4 N–H and O–H groups in total. The summed E-state index contributed by atoms with van der Waals surface area (Å²) in [5, 5.41) is 20.4. The zero-order chi connectivity index (χ0) is 14.2. The van der Waals surface area contributed by atoms with Crippen molar-refractivity contribution in [2.75, 3.05) is 0 Å². The zero-order valence-corrected chi connectivity index (χ0v) is 10.2. The Morgan fingerprint density at radius 3 is 2.84 bits per heavy atom. The van der Waals surface area contributed by atoms with Gasteiger partial charge in [-0.3, -0.25) is 14.9 Å². The van der Waals surface area contributed by atoms with Crippen molar-refractivity contribution in [1.82, 2.24) is 4.98 Å². The first-order valence-corrected chi connectivity index (χ1v) is 5.64. The van der Waals surface area contributed by atoms with Gasteiger partial charge in [-0.25, -0.2) is 0 Å². The van der Waals surface area contributed by atoms with E-state index in [1.165, 1.54) is 6.07 Å². The standard InChI is InChI=1S/C12H13N3O4/c1-6-10(15(18)19)3-2-9-11(6)7(5-14-9)4-8(13)12(16)17/h2-3,5,8,14H,4,13H2,1H3,(H,16,17). The quantitative estimate of drug-likeness (QED) is 0.567. The van der Waals surface area contributed by atoms with Crippen LogP contribution < -0.4 is 5.73 Å². The molecule has 1 aromatic carbocycles. The van der Waals surface area contributed by atoms with E-state index in [1.54, 1.807) is 19.2 Å². The second-order valence-electron chi connectivity index (χ2n) is 4.35. The summed E-state index contributed by atoms with van der Waals surface area (Å²) in [7, 11) is 0. The summed E-state index contributed by atoms with van der Waals surface area (Å²) >= 11 is 0. The van der Waals surface area contributed by atoms with Crippen molar-refractivity contribution >= 4 is 22.6 Å². The molecule has 100 valence electrons. The van der Waals surface area contributed by atoms with E-state index in [4.69, 9.17) is 10.8 Å². The van der Waals surface area contributed by atoms with Crippen molar-refractivity contribution in [2.24, 2.45) is 5.73 Å². The minimum Gasteiger partial charge on any atom is -0.480 e. The van der Waals surface area contributed by atoms with Crippen LogP contribution in [0.5, 0.6) is 0 Å². The first kappa shape index (κ1) is 13.0. The molecule has 1 unspecified atom stereocenters. The van der Waals surface area contributed by atoms with Gasteiger partial charge in [-0.1, -0.05) is 0 Å². The molecule has 2 aromatic rings. The lowest BCUT2D eigenvalue weighted by molar-refractivity contribution is -0.385. The van der Waals surface area contributed by atoms with E-state index in [0.717, 1.165) is 5.52 Å². The van der Waals surface area contributed by atoms with Gasteiger partial charge in [0.1, 0.15) is 6.04 Å². The smallest absolute Gasteiger partial charge is 0.320 e. The second-order valence-corrected chi connectivity index (χ2v) is 4.35. The fraction of sp³-hybridized carbons (Fsp3) is 0.250. The molecular formula is C12H13N3O4. The van der Waals surface area contributed by atoms with E-state index in [2.05, 4.69) is 4.98 Å². The van der Waals surface area contributed by atoms with E-state index >= 15 is 0 Å². The van der Waals surface area contributed by atoms with E-state index in [1.807, 2.05) is 0 Å². The first-order valence-electron chi connectivity index (χ1n) is 5.64. The Labute approximate surface area is 108 Å². The van der Waals surface area contributed by atoms with Crippen LogP contribution in [0, 0.1) is 17.0 Å². The van der Waals surface area contributed by atoms with E-state index in [-0.39, 0.29) is 12.1 Å². The van der Waals surface area contributed by atoms with Crippen molar-refractivity contribution in [3.63, 3.8) is 0 Å². The van der Waals surface area contributed by atoms with Gasteiger partial charge in [-0.2, -0.15) is 0 Å². The Morgan fingerprint density at radius 2 is 2.26 bits per heavy atom. The SMILES string of the molecule is Cc1c([N+](=O)[O-])ccc2[nH]cc(CC(N)C(=O)O)c12. The molecule has 1 aromatic heterocycles. The Morgan fingerprint density at radius 1 is 1.58 bits per heavy atom. The predicted molar refractivity (Wildman–Crippen MR) is 69.0 cm³/mol. The summed E-state index contributed by atoms with van der Waals surface area (Å²) in [5.74, 6) is -1.10. The highest BCUT2D eigenvalue weighted by Gasteiger charge is 2.19. The molecular weight excluding hydrogens is 250 g/mol. The molecule has 2 rings (SSSR count). The van der Waals surface area contributed by atoms with Gasteiger partial charge in [0.2, 0.25) is 0 Å². The Balaban J connectivity index is 2.54. The maximum Gasteiger partial charge on any atom is 0.320 e. The van der Waals surface area contributed by atoms with Crippen molar-refractivity contribution in [2.45, 2.75) is 19.4 Å². The van der Waals surface area contributed by atoms with Gasteiger partial charge in [0.15, 0.2) is 0 Å². The van der Waals surface area contributed by atoms with Crippen molar-refractivity contribution in [1.29, 1.82) is 0 Å². The van der Waals surface area contributed by atoms with Crippen LogP contribution in [-0.4, -0.2) is 27.0 Å². The largest absolute Gasteiger partial charge is 0.480 e. The number of aliphatic carboxylic acids is 1. The van der Waals surface area contributed by atoms with Gasteiger partial charge in [-0.05, 0) is 18.6 Å². The molecule has 7 nitrogen and oxygen atoms in total. The number of hydrogen-bond acceptors (Lipinski definition) is 4. The first-order chi connectivity index (χ1) is 8.91. The molecule has 0 amide bonds. The highest BCUT2D eigenvalue weighted by atomic mass is 16.6. The number of carboxylic acids is 1. The number of nitrogens with zero attached hydrogens (tertiary/aromatic N) is 1. The molecule has 0 radical (unpaired) electrons. The maximum absolute atomic E-state index is 10.9. The predicted octanol–water partition coefficient (Wildman–Crippen LogP) is 1.34. The molecule has 19 heavy (non-hydrogen) atoms. The Bertz CT molecular complexity index is 662. The summed E-state index contributed by atoms with van der Waals surface area (Å²) < 4.78 is 0. The van der Waals surface area contributed by atoms with Crippen LogP contribution in [0.1, 0.15) is 11.1 Å². The highest BCUT2D eigenvalue weighted by Crippen LogP contribution is 2.29. The lowest BCUT2D eigenvalue weighted by Gasteiger charge is -2.06. The number of nitrogens with one attached hydrogen (secondary N) is 1. The van der Waals surface area contributed by atoms with Crippen LogP contribution in [0.3, 0.4) is 0 Å². The number of rotatable bonds is 4. The number of fused-ring (bicyclic) bond motifs is 1. The number of hydrogen-bond donors (Lipinski definition) is 3. The topological polar surface area (TPSA) is 122 Å². The number of aryl methyl sites for hydroxylation is 1. The molecule has 1 heterocycles. The number of nitrogens with two attached hydrogens (primary N) is 1. The Hall–Kier alpha value is -2.41. The average Bonchev–Trinajstić information content (AvgIpc) is 2.73. The number of nitro groups is 1. The van der Waals surface area contributed by atoms with Gasteiger partial charge in [0, 0.05) is 35.2 Å². The highest BCUT2D eigenvalue weighted by molar-refractivity contribution is 5.90. The number of benzene rings is 1. The second kappa shape index (κ2) is 4.69. The van der Waals surface area contributed by atoms with Crippen LogP contribution in [0.25, 0.3) is 10.9 Å². The van der Waals surface area contributed by atoms with E-state index < -0.39 is 16.9 Å². The third kappa shape index (κ3) is 2.27. The third-order valence-electron chi connectivity index (χ3n) is 3.11. The lowest BCUT2D eigenvalue weighted by Crippen LogP contribution is -2.32. The molecule has 0 aliphatic heterocycles. The van der Waals surface area contributed by atoms with Gasteiger partial charge in [0.05, 0.1) is 4.92 Å². The zero-order valence-electron chi connectivity index (χ0n) is 10.2. The van der Waals surface area contributed by atoms with E-state index in [9.17, 15) is 14.9 Å². The summed E-state index contributed by atoms with van der Waals surface area (Å²) in [4.78, 5) is 24.2. The molecule has 0 saturated heterocycles. The normalized spacial score (nSPS) is 12.5. The molecule has 0 fully saturated rings. The molecule has 7 heteroatoms. The minimum atomic E-state index is -1.10. The van der Waals surface area contributed by atoms with Crippen LogP contribution in [0.15, 0.2) is 18.3 Å². The van der Waals surface area contributed by atoms with Crippen molar-refractivity contribution in [3.05, 3.63) is 39.6 Å². The third-order valence-corrected chi connectivity index (χ3v) is 3.11. The summed E-state index contributed by atoms with van der Waals surface area (Å²) in [5.41, 5.74) is 7.43. The van der Waals surface area contributed by atoms with Crippen LogP contribution in [0.4, 0.5) is 5.69 Å². The molecule has 0 aliphatic carbocycles. The number of carboxylic acid groups (broad SMARTS) is 1. The van der Waals surface area contributed by atoms with Crippen molar-refractivity contribution in [3.8, 4) is 0 Å². The number of aromatic nitrogens is 1. The van der Waals surface area contributed by atoms with Crippen LogP contribution >= 0.6 is 0 Å². The number of carbonyl (C=O) groups is 1. The summed E-state index contributed by atoms with van der Waals surface area (Å²) in [6, 6.07) is 2.00. The van der Waals surface area contributed by atoms with Crippen LogP contribution in [0.2, 0.25) is 0 Å². The summed E-state index contributed by atoms with van der Waals surface area (Å²) in [6.45, 7) is 1.64. The number of H-pyrrole nitrogens is 1. The van der Waals surface area contributed by atoms with E-state index in [0.29, 0.717) is 16.5 Å². The van der Waals surface area contributed by atoms with Crippen LogP contribution in [-0.2, 0) is 11.2 Å². The van der Waals surface area contributed by atoms with Gasteiger partial charge < -0.3 is 15.8 Å². The number of nitro benzene ring substituents is 1. The summed E-state index contributed by atoms with van der Waals surface area (Å²) in [6.07, 6.45) is 1.77. The molecule has 0 bridgehead atoms. The average molecular weight is 263 g/mol.